The second-order valence-electron chi connectivity index (χ2n) is 4.62. The monoisotopic (exact) mass is 258 g/mol. The van der Waals surface area contributed by atoms with Gasteiger partial charge in [0.25, 0.3) is 0 Å². The average molecular weight is 259 g/mol. The second-order valence-corrected chi connectivity index (χ2v) is 5.59. The molecule has 0 N–H and O–H groups in total. The van der Waals surface area contributed by atoms with Crippen molar-refractivity contribution in [3.8, 4) is 5.75 Å². The zero-order valence-electron chi connectivity index (χ0n) is 9.54. The Labute approximate surface area is 107 Å². The van der Waals surface area contributed by atoms with Crippen molar-refractivity contribution in [3.63, 3.8) is 0 Å². The first kappa shape index (κ1) is 12.1. The number of hydrogen-bond donors (Lipinski definition) is 0. The van der Waals surface area contributed by atoms with Crippen molar-refractivity contribution in [2.45, 2.75) is 38.2 Å². The Bertz CT molecular complexity index is 363. The van der Waals surface area contributed by atoms with E-state index in [4.69, 9.17) is 27.9 Å². The van der Waals surface area contributed by atoms with Gasteiger partial charge >= 0.3 is 0 Å². The first-order chi connectivity index (χ1) is 7.56. The van der Waals surface area contributed by atoms with Gasteiger partial charge in [-0.1, -0.05) is 25.4 Å². The molecule has 1 aliphatic rings. The molecule has 1 aromatic carbocycles. The molecule has 0 heterocycles. The summed E-state index contributed by atoms with van der Waals surface area (Å²) >= 11 is 12.1. The Balaban J connectivity index is 2.04. The van der Waals surface area contributed by atoms with Gasteiger partial charge in [-0.05, 0) is 30.7 Å². The fourth-order valence-electron chi connectivity index (χ4n) is 2.08. The SMILES string of the molecule is CCC1(C)C(Cl)CC1Oc1ccc(Cl)cc1. The van der Waals surface area contributed by atoms with E-state index in [0.29, 0.717) is 0 Å². The maximum Gasteiger partial charge on any atom is 0.119 e. The Morgan fingerprint density at radius 1 is 1.38 bits per heavy atom. The molecule has 3 heteroatoms. The summed E-state index contributed by atoms with van der Waals surface area (Å²) in [7, 11) is 0. The van der Waals surface area contributed by atoms with Crippen molar-refractivity contribution in [2.75, 3.05) is 0 Å². The first-order valence-corrected chi connectivity index (χ1v) is 6.44. The van der Waals surface area contributed by atoms with Crippen LogP contribution in [-0.2, 0) is 0 Å². The van der Waals surface area contributed by atoms with E-state index >= 15 is 0 Å². The molecule has 0 radical (unpaired) electrons. The minimum absolute atomic E-state index is 0.0984. The summed E-state index contributed by atoms with van der Waals surface area (Å²) in [6.45, 7) is 4.35. The van der Waals surface area contributed by atoms with E-state index in [1.165, 1.54) is 0 Å². The van der Waals surface area contributed by atoms with Crippen LogP contribution in [0.2, 0.25) is 5.02 Å². The number of alkyl halides is 1. The van der Waals surface area contributed by atoms with Gasteiger partial charge in [-0.15, -0.1) is 11.6 Å². The summed E-state index contributed by atoms with van der Waals surface area (Å²) in [5.41, 5.74) is 0.0984. The van der Waals surface area contributed by atoms with Crippen LogP contribution < -0.4 is 4.74 Å². The molecular formula is C13H16Cl2O. The molecule has 0 saturated heterocycles. The zero-order valence-corrected chi connectivity index (χ0v) is 11.1. The number of rotatable bonds is 3. The van der Waals surface area contributed by atoms with E-state index < -0.39 is 0 Å². The van der Waals surface area contributed by atoms with Crippen LogP contribution in [-0.4, -0.2) is 11.5 Å². The van der Waals surface area contributed by atoms with Gasteiger partial charge in [0, 0.05) is 22.2 Å². The van der Waals surface area contributed by atoms with Crippen LogP contribution in [0.1, 0.15) is 26.7 Å². The second kappa shape index (κ2) is 4.46. The lowest BCUT2D eigenvalue weighted by Crippen LogP contribution is -2.55. The minimum Gasteiger partial charge on any atom is -0.490 e. The molecule has 3 unspecified atom stereocenters. The summed E-state index contributed by atoms with van der Waals surface area (Å²) in [6, 6.07) is 7.49. The van der Waals surface area contributed by atoms with Crippen LogP contribution >= 0.6 is 23.2 Å². The topological polar surface area (TPSA) is 9.23 Å². The Hall–Kier alpha value is -0.400. The molecule has 0 bridgehead atoms. The van der Waals surface area contributed by atoms with Gasteiger partial charge in [0.15, 0.2) is 0 Å². The van der Waals surface area contributed by atoms with E-state index in [0.717, 1.165) is 23.6 Å². The van der Waals surface area contributed by atoms with Crippen LogP contribution in [0.15, 0.2) is 24.3 Å². The molecular weight excluding hydrogens is 243 g/mol. The third-order valence-electron chi connectivity index (χ3n) is 3.73. The lowest BCUT2D eigenvalue weighted by Gasteiger charge is -2.50. The van der Waals surface area contributed by atoms with Crippen LogP contribution in [0.5, 0.6) is 5.75 Å². The number of ether oxygens (including phenoxy) is 1. The van der Waals surface area contributed by atoms with Crippen LogP contribution in [0.3, 0.4) is 0 Å². The quantitative estimate of drug-likeness (QED) is 0.725. The first-order valence-electron chi connectivity index (χ1n) is 5.62. The molecule has 2 rings (SSSR count). The van der Waals surface area contributed by atoms with Gasteiger partial charge in [-0.2, -0.15) is 0 Å². The van der Waals surface area contributed by atoms with Crippen molar-refractivity contribution in [3.05, 3.63) is 29.3 Å². The molecule has 0 amide bonds. The van der Waals surface area contributed by atoms with Gasteiger partial charge in [-0.3, -0.25) is 0 Å². The molecule has 1 saturated carbocycles. The van der Waals surface area contributed by atoms with Crippen LogP contribution in [0, 0.1) is 5.41 Å². The van der Waals surface area contributed by atoms with E-state index in [-0.39, 0.29) is 16.9 Å². The molecule has 16 heavy (non-hydrogen) atoms. The van der Waals surface area contributed by atoms with E-state index in [2.05, 4.69) is 13.8 Å². The summed E-state index contributed by atoms with van der Waals surface area (Å²) in [4.78, 5) is 0. The Morgan fingerprint density at radius 2 is 2.00 bits per heavy atom. The van der Waals surface area contributed by atoms with Gasteiger partial charge in [0.1, 0.15) is 11.9 Å². The van der Waals surface area contributed by atoms with Crippen molar-refractivity contribution in [1.82, 2.24) is 0 Å². The van der Waals surface area contributed by atoms with E-state index in [9.17, 15) is 0 Å². The number of hydrogen-bond acceptors (Lipinski definition) is 1. The predicted octanol–water partition coefficient (Wildman–Crippen LogP) is 4.51. The molecule has 0 spiro atoms. The van der Waals surface area contributed by atoms with Gasteiger partial charge in [0.05, 0.1) is 0 Å². The smallest absolute Gasteiger partial charge is 0.119 e. The van der Waals surface area contributed by atoms with Crippen molar-refractivity contribution < 1.29 is 4.74 Å². The third-order valence-corrected chi connectivity index (χ3v) is 4.65. The molecule has 3 atom stereocenters. The Morgan fingerprint density at radius 3 is 2.50 bits per heavy atom. The number of halogens is 2. The van der Waals surface area contributed by atoms with Gasteiger partial charge in [0.2, 0.25) is 0 Å². The van der Waals surface area contributed by atoms with Crippen LogP contribution in [0.4, 0.5) is 0 Å². The molecule has 1 aromatic rings. The van der Waals surface area contributed by atoms with Crippen molar-refractivity contribution in [2.24, 2.45) is 5.41 Å². The maximum absolute atomic E-state index is 6.24. The highest BCUT2D eigenvalue weighted by Crippen LogP contribution is 2.49. The fourth-order valence-corrected chi connectivity index (χ4v) is 2.66. The Kier molecular flexibility index (Phi) is 3.37. The highest BCUT2D eigenvalue weighted by Gasteiger charge is 2.51. The minimum atomic E-state index is 0.0984. The standard InChI is InChI=1S/C13H16Cl2O/c1-3-13(2)11(15)8-12(13)16-10-6-4-9(14)5-7-10/h4-7,11-12H,3,8H2,1-2H3. The largest absolute Gasteiger partial charge is 0.490 e. The normalized spacial score (nSPS) is 33.2. The number of benzene rings is 1. The molecule has 88 valence electrons. The summed E-state index contributed by atoms with van der Waals surface area (Å²) in [6.07, 6.45) is 2.19. The van der Waals surface area contributed by atoms with Gasteiger partial charge in [-0.25, -0.2) is 0 Å². The lowest BCUT2D eigenvalue weighted by atomic mass is 9.65. The molecule has 1 fully saturated rings. The summed E-state index contributed by atoms with van der Waals surface area (Å²) < 4.78 is 5.94. The fraction of sp³-hybridized carbons (Fsp3) is 0.538. The zero-order chi connectivity index (χ0) is 11.8. The van der Waals surface area contributed by atoms with Crippen molar-refractivity contribution >= 4 is 23.2 Å². The molecule has 0 aromatic heterocycles. The third kappa shape index (κ3) is 2.03. The molecule has 1 aliphatic carbocycles. The molecule has 1 nitrogen and oxygen atoms in total. The molecule has 0 aliphatic heterocycles. The van der Waals surface area contributed by atoms with E-state index in [1.54, 1.807) is 0 Å². The van der Waals surface area contributed by atoms with E-state index in [1.807, 2.05) is 24.3 Å². The summed E-state index contributed by atoms with van der Waals surface area (Å²) in [5, 5.41) is 0.962. The highest BCUT2D eigenvalue weighted by molar-refractivity contribution is 6.30. The average Bonchev–Trinajstić information content (AvgIpc) is 2.30. The maximum atomic E-state index is 6.24. The van der Waals surface area contributed by atoms with Gasteiger partial charge < -0.3 is 4.74 Å². The summed E-state index contributed by atoms with van der Waals surface area (Å²) in [5.74, 6) is 0.873. The highest BCUT2D eigenvalue weighted by atomic mass is 35.5. The van der Waals surface area contributed by atoms with Crippen molar-refractivity contribution in [1.29, 1.82) is 0 Å². The van der Waals surface area contributed by atoms with Crippen LogP contribution in [0.25, 0.3) is 0 Å². The lowest BCUT2D eigenvalue weighted by molar-refractivity contribution is -0.0294. The predicted molar refractivity (Wildman–Crippen MR) is 68.5 cm³/mol.